The van der Waals surface area contributed by atoms with Crippen LogP contribution in [-0.2, 0) is 0 Å². The fourth-order valence-electron chi connectivity index (χ4n) is 3.51. The molecule has 25 heavy (non-hydrogen) atoms. The molecule has 5 heteroatoms. The van der Waals surface area contributed by atoms with Crippen LogP contribution in [0.25, 0.3) is 11.0 Å². The molecule has 0 atom stereocenters. The average molecular weight is 340 g/mol. The molecule has 134 valence electrons. The Labute approximate surface area is 149 Å². The lowest BCUT2D eigenvalue weighted by molar-refractivity contribution is 0.0749. The molecule has 2 fully saturated rings. The Bertz CT molecular complexity index is 786. The number of carbonyl (C=O) groups is 1. The molecule has 0 aliphatic heterocycles. The van der Waals surface area contributed by atoms with Crippen molar-refractivity contribution < 1.29 is 4.79 Å². The molecule has 0 aromatic carbocycles. The third-order valence-electron chi connectivity index (χ3n) is 5.26. The van der Waals surface area contributed by atoms with Gasteiger partial charge in [-0.05, 0) is 57.9 Å². The fraction of sp³-hybridized carbons (Fsp3) is 0.650. The lowest BCUT2D eigenvalue weighted by Gasteiger charge is -2.23. The third kappa shape index (κ3) is 3.29. The lowest BCUT2D eigenvalue weighted by atomic mass is 10.1. The molecule has 2 aliphatic rings. The summed E-state index contributed by atoms with van der Waals surface area (Å²) in [6, 6.07) is 2.28. The number of hydrogen-bond donors (Lipinski definition) is 0. The van der Waals surface area contributed by atoms with E-state index in [9.17, 15) is 4.79 Å². The summed E-state index contributed by atoms with van der Waals surface area (Å²) in [7, 11) is 0. The standard InChI is InChI=1S/C20H28N4O/c1-4-9-23(12-14-5-6-14)20(25)16-10-18(15-7-8-15)22-19-17(16)11-21-24(19)13(2)3/h10-11,13-15H,4-9,12H2,1-3H3. The average Bonchev–Trinajstić information content (AvgIpc) is 3.51. The first kappa shape index (κ1) is 16.6. The van der Waals surface area contributed by atoms with Gasteiger partial charge < -0.3 is 4.90 Å². The minimum Gasteiger partial charge on any atom is -0.338 e. The number of amides is 1. The van der Waals surface area contributed by atoms with Gasteiger partial charge in [0.15, 0.2) is 5.65 Å². The van der Waals surface area contributed by atoms with Gasteiger partial charge >= 0.3 is 0 Å². The second-order valence-electron chi connectivity index (χ2n) is 7.98. The van der Waals surface area contributed by atoms with Crippen LogP contribution in [0.4, 0.5) is 0 Å². The van der Waals surface area contributed by atoms with Gasteiger partial charge in [0.2, 0.25) is 0 Å². The summed E-state index contributed by atoms with van der Waals surface area (Å²) in [5.74, 6) is 1.38. The van der Waals surface area contributed by atoms with E-state index >= 15 is 0 Å². The van der Waals surface area contributed by atoms with Crippen LogP contribution in [0, 0.1) is 5.92 Å². The zero-order chi connectivity index (χ0) is 17.6. The number of hydrogen-bond acceptors (Lipinski definition) is 3. The molecular weight excluding hydrogens is 312 g/mol. The number of fused-ring (bicyclic) bond motifs is 1. The van der Waals surface area contributed by atoms with Crippen molar-refractivity contribution in [3.05, 3.63) is 23.5 Å². The number of aromatic nitrogens is 3. The Hall–Kier alpha value is -1.91. The zero-order valence-electron chi connectivity index (χ0n) is 15.5. The van der Waals surface area contributed by atoms with E-state index in [4.69, 9.17) is 4.98 Å². The van der Waals surface area contributed by atoms with E-state index in [0.717, 1.165) is 41.8 Å². The molecule has 4 rings (SSSR count). The van der Waals surface area contributed by atoms with Gasteiger partial charge in [-0.1, -0.05) is 6.92 Å². The van der Waals surface area contributed by atoms with Crippen molar-refractivity contribution in [2.75, 3.05) is 13.1 Å². The third-order valence-corrected chi connectivity index (χ3v) is 5.26. The van der Waals surface area contributed by atoms with Gasteiger partial charge in [-0.2, -0.15) is 5.10 Å². The predicted molar refractivity (Wildman–Crippen MR) is 98.8 cm³/mol. The Balaban J connectivity index is 1.77. The molecule has 2 aliphatic carbocycles. The molecule has 0 saturated heterocycles. The lowest BCUT2D eigenvalue weighted by Crippen LogP contribution is -2.33. The number of nitrogens with zero attached hydrogens (tertiary/aromatic N) is 4. The first-order chi connectivity index (χ1) is 12.1. The Kier molecular flexibility index (Phi) is 4.26. The van der Waals surface area contributed by atoms with Gasteiger partial charge in [0.1, 0.15) is 0 Å². The minimum absolute atomic E-state index is 0.159. The van der Waals surface area contributed by atoms with Crippen molar-refractivity contribution in [3.63, 3.8) is 0 Å². The highest BCUT2D eigenvalue weighted by Gasteiger charge is 2.31. The summed E-state index contributed by atoms with van der Waals surface area (Å²) < 4.78 is 1.95. The molecule has 0 N–H and O–H groups in total. The van der Waals surface area contributed by atoms with Crippen molar-refractivity contribution in [1.29, 1.82) is 0 Å². The number of rotatable bonds is 7. The molecule has 2 saturated carbocycles. The van der Waals surface area contributed by atoms with Crippen LogP contribution in [0.3, 0.4) is 0 Å². The second kappa shape index (κ2) is 6.43. The van der Waals surface area contributed by atoms with Gasteiger partial charge in [-0.25, -0.2) is 9.67 Å². The molecule has 0 spiro atoms. The van der Waals surface area contributed by atoms with Crippen molar-refractivity contribution in [1.82, 2.24) is 19.7 Å². The SMILES string of the molecule is CCCN(CC1CC1)C(=O)c1cc(C2CC2)nc2c1cnn2C(C)C. The van der Waals surface area contributed by atoms with E-state index in [1.165, 1.54) is 25.7 Å². The molecule has 0 radical (unpaired) electrons. The summed E-state index contributed by atoms with van der Waals surface area (Å²) >= 11 is 0. The van der Waals surface area contributed by atoms with E-state index < -0.39 is 0 Å². The highest BCUT2D eigenvalue weighted by Crippen LogP contribution is 2.40. The monoisotopic (exact) mass is 340 g/mol. The normalized spacial score (nSPS) is 17.4. The summed E-state index contributed by atoms with van der Waals surface area (Å²) in [5, 5.41) is 5.42. The molecule has 2 aromatic rings. The highest BCUT2D eigenvalue weighted by atomic mass is 16.2. The molecule has 5 nitrogen and oxygen atoms in total. The zero-order valence-corrected chi connectivity index (χ0v) is 15.5. The van der Waals surface area contributed by atoms with Crippen LogP contribution in [0.15, 0.2) is 12.3 Å². The molecule has 1 amide bonds. The van der Waals surface area contributed by atoms with Crippen LogP contribution in [0.5, 0.6) is 0 Å². The first-order valence-corrected chi connectivity index (χ1v) is 9.76. The van der Waals surface area contributed by atoms with Gasteiger partial charge in [-0.15, -0.1) is 0 Å². The van der Waals surface area contributed by atoms with E-state index in [-0.39, 0.29) is 11.9 Å². The summed E-state index contributed by atoms with van der Waals surface area (Å²) in [5.41, 5.74) is 2.74. The largest absolute Gasteiger partial charge is 0.338 e. The van der Waals surface area contributed by atoms with E-state index in [0.29, 0.717) is 11.8 Å². The maximum atomic E-state index is 13.3. The Morgan fingerprint density at radius 2 is 2.08 bits per heavy atom. The van der Waals surface area contributed by atoms with Gasteiger partial charge in [0.25, 0.3) is 5.91 Å². The van der Waals surface area contributed by atoms with Crippen LogP contribution in [0.2, 0.25) is 0 Å². The van der Waals surface area contributed by atoms with Crippen molar-refractivity contribution in [3.8, 4) is 0 Å². The van der Waals surface area contributed by atoms with Crippen molar-refractivity contribution in [2.45, 2.75) is 64.8 Å². The van der Waals surface area contributed by atoms with Crippen LogP contribution >= 0.6 is 0 Å². The topological polar surface area (TPSA) is 51.0 Å². The number of pyridine rings is 1. The van der Waals surface area contributed by atoms with Gasteiger partial charge in [0.05, 0.1) is 17.1 Å². The molecular formula is C20H28N4O. The van der Waals surface area contributed by atoms with E-state index in [1.807, 2.05) is 16.9 Å². The quantitative estimate of drug-likeness (QED) is 0.761. The summed E-state index contributed by atoms with van der Waals surface area (Å²) in [4.78, 5) is 20.3. The second-order valence-corrected chi connectivity index (χ2v) is 7.98. The highest BCUT2D eigenvalue weighted by molar-refractivity contribution is 6.05. The number of carbonyl (C=O) groups excluding carboxylic acids is 1. The van der Waals surface area contributed by atoms with E-state index in [2.05, 4.69) is 30.8 Å². The summed E-state index contributed by atoms with van der Waals surface area (Å²) in [6.07, 6.45) is 7.71. The Morgan fingerprint density at radius 1 is 1.32 bits per heavy atom. The maximum Gasteiger partial charge on any atom is 0.254 e. The van der Waals surface area contributed by atoms with E-state index in [1.54, 1.807) is 0 Å². The molecule has 0 unspecified atom stereocenters. The van der Waals surface area contributed by atoms with Crippen molar-refractivity contribution in [2.24, 2.45) is 5.92 Å². The smallest absolute Gasteiger partial charge is 0.254 e. The van der Waals surface area contributed by atoms with Crippen LogP contribution in [-0.4, -0.2) is 38.7 Å². The molecule has 2 heterocycles. The van der Waals surface area contributed by atoms with Gasteiger partial charge in [-0.3, -0.25) is 4.79 Å². The molecule has 0 bridgehead atoms. The summed E-state index contributed by atoms with van der Waals surface area (Å²) in [6.45, 7) is 8.08. The fourth-order valence-corrected chi connectivity index (χ4v) is 3.51. The van der Waals surface area contributed by atoms with Crippen LogP contribution in [0.1, 0.15) is 80.9 Å². The first-order valence-electron chi connectivity index (χ1n) is 9.76. The Morgan fingerprint density at radius 3 is 2.68 bits per heavy atom. The maximum absolute atomic E-state index is 13.3. The van der Waals surface area contributed by atoms with Crippen LogP contribution < -0.4 is 0 Å². The van der Waals surface area contributed by atoms with Gasteiger partial charge in [0, 0.05) is 30.7 Å². The predicted octanol–water partition coefficient (Wildman–Crippen LogP) is 4.15. The minimum atomic E-state index is 0.159. The molecule has 2 aromatic heterocycles. The van der Waals surface area contributed by atoms with Crippen molar-refractivity contribution >= 4 is 16.9 Å².